The number of carboxylic acid groups (broad SMARTS) is 1. The molecule has 0 spiro atoms. The van der Waals surface area contributed by atoms with Gasteiger partial charge in [0.15, 0.2) is 0 Å². The van der Waals surface area contributed by atoms with Gasteiger partial charge >= 0.3 is 32.4 Å². The number of aliphatic carboxylic acids is 1. The van der Waals surface area contributed by atoms with E-state index in [1.807, 2.05) is 32.9 Å². The van der Waals surface area contributed by atoms with Gasteiger partial charge in [0.1, 0.15) is 0 Å². The summed E-state index contributed by atoms with van der Waals surface area (Å²) in [5.41, 5.74) is 5.86. The molecule has 14 nitrogen and oxygen atoms in total. The zero-order valence-electron chi connectivity index (χ0n) is 30.5. The molecule has 3 N–H and O–H groups in total. The Morgan fingerprint density at radius 2 is 1.68 bits per heavy atom. The van der Waals surface area contributed by atoms with Gasteiger partial charge in [0.25, 0.3) is 10.1 Å². The van der Waals surface area contributed by atoms with Crippen LogP contribution in [0.2, 0.25) is 0 Å². The second-order valence-electron chi connectivity index (χ2n) is 13.5. The number of carboxylic acids is 1. The molecule has 5 rings (SSSR count). The average molecular weight is 840 g/mol. The molecule has 0 aromatic heterocycles. The van der Waals surface area contributed by atoms with Crippen LogP contribution in [0, 0.1) is 23.7 Å². The van der Waals surface area contributed by atoms with Crippen LogP contribution in [-0.2, 0) is 44.9 Å². The Kier molecular flexibility index (Phi) is 12.9. The van der Waals surface area contributed by atoms with E-state index in [2.05, 4.69) is 17.2 Å². The minimum absolute atomic E-state index is 0. The van der Waals surface area contributed by atoms with Crippen LogP contribution in [0.25, 0.3) is 0 Å². The van der Waals surface area contributed by atoms with E-state index in [0.29, 0.717) is 45.2 Å². The first kappa shape index (κ1) is 41.5. The molecule has 0 saturated carbocycles. The summed E-state index contributed by atoms with van der Waals surface area (Å²) < 4.78 is 37.2. The normalized spacial score (nSPS) is 25.2. The first-order valence-electron chi connectivity index (χ1n) is 17.1. The van der Waals surface area contributed by atoms with E-state index in [9.17, 15) is 37.9 Å². The fourth-order valence-electron chi connectivity index (χ4n) is 7.38. The summed E-state index contributed by atoms with van der Waals surface area (Å²) in [7, 11) is -3.19. The van der Waals surface area contributed by atoms with Gasteiger partial charge in [0, 0.05) is 58.3 Å². The van der Waals surface area contributed by atoms with E-state index in [4.69, 9.17) is 19.7 Å². The quantitative estimate of drug-likeness (QED) is 0.0728. The Bertz CT molecular complexity index is 2080. The maximum Gasteiger partial charge on any atom is 2.00 e. The molecular formula is C37H43N5O9PdS. The molecule has 53 heavy (non-hydrogen) atoms. The Morgan fingerprint density at radius 3 is 2.28 bits per heavy atom. The maximum absolute atomic E-state index is 13.9. The first-order valence-corrected chi connectivity index (χ1v) is 18.7. The summed E-state index contributed by atoms with van der Waals surface area (Å²) in [6.45, 7) is 10.5. The molecular weight excluding hydrogens is 797 g/mol. The summed E-state index contributed by atoms with van der Waals surface area (Å²) in [6, 6.07) is 0. The summed E-state index contributed by atoms with van der Waals surface area (Å²) in [4.78, 5) is 43.7. The molecule has 0 amide bonds. The summed E-state index contributed by atoms with van der Waals surface area (Å²) in [6.07, 6.45) is 5.78. The zero-order chi connectivity index (χ0) is 38.2. The van der Waals surface area contributed by atoms with Crippen LogP contribution in [0.4, 0.5) is 0 Å². The Labute approximate surface area is 322 Å². The van der Waals surface area contributed by atoms with Gasteiger partial charge < -0.3 is 25.4 Å². The molecule has 1 saturated heterocycles. The van der Waals surface area contributed by atoms with Gasteiger partial charge in [-0.3, -0.25) is 24.1 Å². The van der Waals surface area contributed by atoms with Crippen LogP contribution in [0.3, 0.4) is 0 Å². The van der Waals surface area contributed by atoms with Crippen LogP contribution in [0.5, 0.6) is 0 Å². The standard InChI is InChI=1S/C37H45N5O9S.Pd/c1-8-22-17(2)25-16-30-33(21(6)43)19(4)27(40-30)14-26-18(3)23(9-10-31(44)45)35(41-26)24(13-32(46)51-7)36-34(37(47)38-11-12-52(48,49)50)20(5)28(42-36)15-29(22)39-25;/h14-18,22-23,39,43H,8-13H2,1-7H3,(H,38,47)(H,44,45)(H,48,49,50);/q;+2/p-2/b25-16?,26-14?,29-15?,33-21+,36-24?;/t17-,18+,22-,23+;/m1./s1. The second-order valence-corrected chi connectivity index (χ2v) is 15.1. The minimum atomic E-state index is -4.41. The maximum atomic E-state index is 13.9. The van der Waals surface area contributed by atoms with E-state index in [-0.39, 0.29) is 80.0 Å². The molecule has 16 heteroatoms. The van der Waals surface area contributed by atoms with Crippen molar-refractivity contribution in [1.82, 2.24) is 5.32 Å². The van der Waals surface area contributed by atoms with Crippen molar-refractivity contribution in [3.63, 3.8) is 0 Å². The van der Waals surface area contributed by atoms with Gasteiger partial charge in [0.05, 0.1) is 54.4 Å². The smallest absolute Gasteiger partial charge is 0.875 e. The molecule has 0 unspecified atom stereocenters. The van der Waals surface area contributed by atoms with Crippen molar-refractivity contribution in [2.75, 3.05) is 19.4 Å². The monoisotopic (exact) mass is 839 g/mol. The van der Waals surface area contributed by atoms with Crippen LogP contribution in [0.1, 0.15) is 67.2 Å². The zero-order valence-corrected chi connectivity index (χ0v) is 32.9. The Morgan fingerprint density at radius 1 is 1.00 bits per heavy atom. The number of nitrogens with one attached hydrogen (secondary N) is 1. The molecule has 4 atom stereocenters. The predicted molar refractivity (Wildman–Crippen MR) is 193 cm³/mol. The third-order valence-electron chi connectivity index (χ3n) is 10.2. The van der Waals surface area contributed by atoms with E-state index >= 15 is 0 Å². The first-order chi connectivity index (χ1) is 24.4. The predicted octanol–water partition coefficient (Wildman–Crippen LogP) is 3.08. The molecule has 286 valence electrons. The van der Waals surface area contributed by atoms with Crippen molar-refractivity contribution in [2.24, 2.45) is 43.6 Å². The van der Waals surface area contributed by atoms with Crippen LogP contribution >= 0.6 is 0 Å². The van der Waals surface area contributed by atoms with Crippen molar-refractivity contribution in [3.8, 4) is 0 Å². The SMILES string of the molecule is CC[C@H]1C2=CC3=NC(=C(CC(=O)OC)C4=NC(=CC5=C(C)/C(=C(/C)[O-])C(=N5)C=C(N2)[C@@H]1C)[C@@H](C)[C@@H]4CCC(=O)O)C(C([O-])=NCCS(=O)(=O)O)=C3C.[Pd+2]. The van der Waals surface area contributed by atoms with E-state index in [1.165, 1.54) is 14.0 Å². The molecule has 8 bridgehead atoms. The van der Waals surface area contributed by atoms with Gasteiger partial charge in [-0.1, -0.05) is 27.7 Å². The number of methoxy groups -OCH3 is 1. The number of carbonyl (C=O) groups excluding carboxylic acids is 1. The minimum Gasteiger partial charge on any atom is -0.875 e. The van der Waals surface area contributed by atoms with Gasteiger partial charge in [-0.25, -0.2) is 9.98 Å². The molecule has 5 heterocycles. The molecule has 1 fully saturated rings. The van der Waals surface area contributed by atoms with Crippen LogP contribution in [-0.4, -0.2) is 72.5 Å². The van der Waals surface area contributed by atoms with Gasteiger partial charge in [-0.05, 0) is 67.5 Å². The number of esters is 1. The van der Waals surface area contributed by atoms with Crippen LogP contribution < -0.4 is 15.5 Å². The summed E-state index contributed by atoms with van der Waals surface area (Å²) in [5, 5.41) is 40.1. The number of nitrogens with zero attached hydrogens (tertiary/aromatic N) is 4. The number of hydrogen-bond donors (Lipinski definition) is 3. The van der Waals surface area contributed by atoms with E-state index in [1.54, 1.807) is 13.0 Å². The third kappa shape index (κ3) is 8.62. The average Bonchev–Trinajstić information content (AvgIpc) is 3.74. The van der Waals surface area contributed by atoms with Crippen molar-refractivity contribution in [1.29, 1.82) is 0 Å². The van der Waals surface area contributed by atoms with Crippen molar-refractivity contribution < 1.29 is 63.0 Å². The number of ether oxygens (including phenoxy) is 1. The fraction of sp³-hybridized carbons (Fsp3) is 0.459. The second kappa shape index (κ2) is 16.4. The summed E-state index contributed by atoms with van der Waals surface area (Å²) in [5.74, 6) is -4.34. The molecule has 5 aliphatic rings. The Balaban J connectivity index is 0.00000627. The molecule has 0 radical (unpaired) electrons. The number of allylic oxidation sites excluding steroid dienone is 10. The van der Waals surface area contributed by atoms with Crippen LogP contribution in [0.15, 0.2) is 100 Å². The van der Waals surface area contributed by atoms with Crippen molar-refractivity contribution in [2.45, 2.75) is 67.2 Å². The van der Waals surface area contributed by atoms with Crippen molar-refractivity contribution in [3.05, 3.63) is 80.3 Å². The summed E-state index contributed by atoms with van der Waals surface area (Å²) >= 11 is 0. The Hall–Kier alpha value is -4.23. The number of carbonyl (C=O) groups is 2. The molecule has 0 aromatic rings. The van der Waals surface area contributed by atoms with E-state index in [0.717, 1.165) is 17.8 Å². The molecule has 0 aromatic carbocycles. The van der Waals surface area contributed by atoms with Gasteiger partial charge in [-0.15, -0.1) is 5.76 Å². The number of fused-ring (bicyclic) bond motifs is 5. The number of rotatable bonds is 10. The largest absolute Gasteiger partial charge is 2.00 e. The van der Waals surface area contributed by atoms with E-state index < -0.39 is 46.2 Å². The third-order valence-corrected chi connectivity index (χ3v) is 10.9. The fourth-order valence-corrected chi connectivity index (χ4v) is 7.71. The number of aliphatic imine (C=N–C) groups is 4. The topological polar surface area (TPSA) is 226 Å². The molecule has 0 aliphatic carbocycles. The van der Waals surface area contributed by atoms with Crippen molar-refractivity contribution >= 4 is 45.1 Å². The van der Waals surface area contributed by atoms with Gasteiger partial charge in [-0.2, -0.15) is 8.42 Å². The van der Waals surface area contributed by atoms with Gasteiger partial charge in [0.2, 0.25) is 0 Å². The molecule has 5 aliphatic heterocycles. The number of hydrogen-bond acceptors (Lipinski definition) is 12.